The van der Waals surface area contributed by atoms with Gasteiger partial charge in [0.2, 0.25) is 0 Å². The maximum atomic E-state index is 6.83. The molecule has 0 unspecified atom stereocenters. The summed E-state index contributed by atoms with van der Waals surface area (Å²) in [6, 6.07) is 87.7. The van der Waals surface area contributed by atoms with E-state index in [4.69, 9.17) is 4.42 Å². The topological polar surface area (TPSA) is 21.3 Å². The zero-order valence-corrected chi connectivity index (χ0v) is 35.4. The van der Waals surface area contributed by atoms with Crippen molar-refractivity contribution in [2.45, 2.75) is 0 Å². The van der Waals surface area contributed by atoms with Gasteiger partial charge >= 0.3 is 0 Å². The molecule has 3 heteroatoms. The van der Waals surface area contributed by atoms with Crippen LogP contribution in [-0.2, 0) is 0 Å². The minimum atomic E-state index is 0.863. The summed E-state index contributed by atoms with van der Waals surface area (Å²) in [5.74, 6) is 0. The summed E-state index contributed by atoms with van der Waals surface area (Å²) in [5.41, 5.74) is 15.3. The second-order valence-electron chi connectivity index (χ2n) is 16.8. The lowest BCUT2D eigenvalue weighted by Crippen LogP contribution is -2.10. The summed E-state index contributed by atoms with van der Waals surface area (Å²) in [6.07, 6.45) is 0. The van der Waals surface area contributed by atoms with Crippen molar-refractivity contribution < 1.29 is 4.42 Å². The second kappa shape index (κ2) is 15.0. The molecule has 0 radical (unpaired) electrons. The van der Waals surface area contributed by atoms with Crippen LogP contribution in [0.4, 0.5) is 17.1 Å². The minimum absolute atomic E-state index is 0.863. The molecule has 304 valence electrons. The average molecular weight is 829 g/mol. The maximum Gasteiger partial charge on any atom is 0.145 e. The third kappa shape index (κ3) is 6.05. The van der Waals surface area contributed by atoms with Gasteiger partial charge in [0.25, 0.3) is 0 Å². The normalized spacial score (nSPS) is 11.7. The largest absolute Gasteiger partial charge is 0.455 e. The zero-order chi connectivity index (χ0) is 42.8. The maximum absolute atomic E-state index is 6.83. The Hall–Kier alpha value is -8.66. The summed E-state index contributed by atoms with van der Waals surface area (Å²) in [6.45, 7) is 0. The molecule has 2 aromatic heterocycles. The Morgan fingerprint density at radius 1 is 0.338 bits per heavy atom. The van der Waals surface area contributed by atoms with Gasteiger partial charge in [0.05, 0.1) is 27.8 Å². The Kier molecular flexibility index (Phi) is 8.53. The highest BCUT2D eigenvalue weighted by Crippen LogP contribution is 2.48. The molecule has 0 aliphatic rings. The van der Waals surface area contributed by atoms with Crippen LogP contribution < -0.4 is 4.90 Å². The van der Waals surface area contributed by atoms with Gasteiger partial charge in [-0.15, -0.1) is 0 Å². The Bertz CT molecular complexity index is 3950. The highest BCUT2D eigenvalue weighted by Gasteiger charge is 2.24. The zero-order valence-electron chi connectivity index (χ0n) is 35.4. The fraction of sp³-hybridized carbons (Fsp3) is 0. The summed E-state index contributed by atoms with van der Waals surface area (Å²) in [7, 11) is 0. The molecule has 0 saturated carbocycles. The van der Waals surface area contributed by atoms with Gasteiger partial charge in [0, 0.05) is 38.5 Å². The van der Waals surface area contributed by atoms with E-state index in [1.54, 1.807) is 0 Å². The summed E-state index contributed by atoms with van der Waals surface area (Å²) >= 11 is 0. The Morgan fingerprint density at radius 2 is 1.00 bits per heavy atom. The first-order chi connectivity index (χ1) is 32.2. The molecule has 0 atom stereocenters. The molecular weight excluding hydrogens is 789 g/mol. The smallest absolute Gasteiger partial charge is 0.145 e. The number of hydrogen-bond acceptors (Lipinski definition) is 2. The van der Waals surface area contributed by atoms with E-state index in [0.29, 0.717) is 0 Å². The predicted molar refractivity (Wildman–Crippen MR) is 274 cm³/mol. The van der Waals surface area contributed by atoms with Crippen molar-refractivity contribution in [3.63, 3.8) is 0 Å². The van der Waals surface area contributed by atoms with E-state index >= 15 is 0 Å². The molecule has 0 amide bonds. The molecule has 0 aliphatic heterocycles. The lowest BCUT2D eigenvalue weighted by Gasteiger charge is -2.27. The first kappa shape index (κ1) is 36.9. The number of fused-ring (bicyclic) bond motifs is 8. The average Bonchev–Trinajstić information content (AvgIpc) is 3.94. The Labute approximate surface area is 376 Å². The van der Waals surface area contributed by atoms with E-state index in [-0.39, 0.29) is 0 Å². The molecule has 13 aromatic rings. The summed E-state index contributed by atoms with van der Waals surface area (Å²) in [5, 5.41) is 9.53. The second-order valence-corrected chi connectivity index (χ2v) is 16.8. The fourth-order valence-corrected chi connectivity index (χ4v) is 10.2. The van der Waals surface area contributed by atoms with Gasteiger partial charge in [-0.2, -0.15) is 0 Å². The van der Waals surface area contributed by atoms with Gasteiger partial charge in [-0.25, -0.2) is 0 Å². The number of nitrogens with zero attached hydrogens (tertiary/aromatic N) is 2. The van der Waals surface area contributed by atoms with Crippen molar-refractivity contribution in [3.8, 4) is 39.1 Å². The molecule has 0 aliphatic carbocycles. The van der Waals surface area contributed by atoms with Crippen molar-refractivity contribution in [1.82, 2.24) is 4.57 Å². The molecular formula is C62H40N2O. The van der Waals surface area contributed by atoms with Crippen molar-refractivity contribution >= 4 is 82.4 Å². The standard InChI is InChI=1S/C62H40N2O/c1-2-16-44(17-3-1)52-37-38-58(61-54-25-9-11-30-59(54)65-62(52)61)63(48-35-33-42(34-36-48)46-32-31-41-15-4-5-19-45(41)39-46)49-22-12-21-47(40-49)51-26-14-29-57-60(51)53-24-8-10-27-56(53)64(57)55-28-13-20-43-18-6-7-23-50(43)55/h1-40H. The van der Waals surface area contributed by atoms with Crippen LogP contribution >= 0.6 is 0 Å². The van der Waals surface area contributed by atoms with Crippen molar-refractivity contribution in [1.29, 1.82) is 0 Å². The van der Waals surface area contributed by atoms with Crippen molar-refractivity contribution in [2.24, 2.45) is 0 Å². The predicted octanol–water partition coefficient (Wildman–Crippen LogP) is 17.5. The van der Waals surface area contributed by atoms with E-state index in [2.05, 4.69) is 252 Å². The number of furan rings is 1. The molecule has 0 spiro atoms. The third-order valence-corrected chi connectivity index (χ3v) is 13.2. The number of aromatic nitrogens is 1. The van der Waals surface area contributed by atoms with E-state index in [1.807, 2.05) is 0 Å². The van der Waals surface area contributed by atoms with Gasteiger partial charge < -0.3 is 13.9 Å². The highest BCUT2D eigenvalue weighted by atomic mass is 16.3. The minimum Gasteiger partial charge on any atom is -0.455 e. The molecule has 0 bridgehead atoms. The van der Waals surface area contributed by atoms with E-state index in [9.17, 15) is 0 Å². The van der Waals surface area contributed by atoms with E-state index in [1.165, 1.54) is 65.7 Å². The van der Waals surface area contributed by atoms with Gasteiger partial charge in [0.1, 0.15) is 11.2 Å². The first-order valence-corrected chi connectivity index (χ1v) is 22.2. The highest BCUT2D eigenvalue weighted by molar-refractivity contribution is 6.18. The lowest BCUT2D eigenvalue weighted by molar-refractivity contribution is 0.670. The van der Waals surface area contributed by atoms with Crippen molar-refractivity contribution in [3.05, 3.63) is 243 Å². The van der Waals surface area contributed by atoms with Gasteiger partial charge in [-0.1, -0.05) is 176 Å². The number of rotatable bonds is 7. The van der Waals surface area contributed by atoms with Crippen LogP contribution in [0.25, 0.3) is 104 Å². The van der Waals surface area contributed by atoms with Crippen molar-refractivity contribution in [2.75, 3.05) is 4.90 Å². The van der Waals surface area contributed by atoms with E-state index < -0.39 is 0 Å². The first-order valence-electron chi connectivity index (χ1n) is 22.2. The molecule has 0 N–H and O–H groups in total. The molecule has 13 rings (SSSR count). The van der Waals surface area contributed by atoms with E-state index in [0.717, 1.165) is 55.7 Å². The molecule has 11 aromatic carbocycles. The van der Waals surface area contributed by atoms with Crippen LogP contribution in [-0.4, -0.2) is 4.57 Å². The quantitative estimate of drug-likeness (QED) is 0.160. The molecule has 2 heterocycles. The van der Waals surface area contributed by atoms with Crippen LogP contribution in [0.15, 0.2) is 247 Å². The van der Waals surface area contributed by atoms with Gasteiger partial charge in [-0.05, 0) is 111 Å². The Morgan fingerprint density at radius 3 is 1.88 bits per heavy atom. The number of para-hydroxylation sites is 2. The van der Waals surface area contributed by atoms with Crippen LogP contribution in [0, 0.1) is 0 Å². The molecule has 3 nitrogen and oxygen atoms in total. The summed E-state index contributed by atoms with van der Waals surface area (Å²) < 4.78 is 9.27. The lowest BCUT2D eigenvalue weighted by atomic mass is 9.97. The van der Waals surface area contributed by atoms with Crippen LogP contribution in [0.5, 0.6) is 0 Å². The third-order valence-electron chi connectivity index (χ3n) is 13.2. The molecule has 0 saturated heterocycles. The van der Waals surface area contributed by atoms with Gasteiger partial charge in [0.15, 0.2) is 0 Å². The Balaban J connectivity index is 1.03. The SMILES string of the molecule is c1ccc(-c2ccc(N(c3ccc(-c4ccc5ccccc5c4)cc3)c3cccc(-c4cccc5c4c4ccccc4n5-c4cccc5ccccc45)c3)c3c2oc2ccccc23)cc1. The van der Waals surface area contributed by atoms with Crippen LogP contribution in [0.3, 0.4) is 0 Å². The molecule has 65 heavy (non-hydrogen) atoms. The number of hydrogen-bond donors (Lipinski definition) is 0. The number of anilines is 3. The fourth-order valence-electron chi connectivity index (χ4n) is 10.2. The molecule has 0 fully saturated rings. The summed E-state index contributed by atoms with van der Waals surface area (Å²) in [4.78, 5) is 2.41. The number of benzene rings is 11. The van der Waals surface area contributed by atoms with Gasteiger partial charge in [-0.3, -0.25) is 0 Å². The monoisotopic (exact) mass is 828 g/mol. The van der Waals surface area contributed by atoms with Crippen LogP contribution in [0.1, 0.15) is 0 Å². The van der Waals surface area contributed by atoms with Crippen LogP contribution in [0.2, 0.25) is 0 Å².